The summed E-state index contributed by atoms with van der Waals surface area (Å²) in [5, 5.41) is 8.86. The number of nitrogens with zero attached hydrogens (tertiary/aromatic N) is 1. The van der Waals surface area contributed by atoms with Crippen molar-refractivity contribution in [2.75, 3.05) is 6.61 Å². The molecule has 0 aliphatic carbocycles. The lowest BCUT2D eigenvalue weighted by Gasteiger charge is -2.12. The summed E-state index contributed by atoms with van der Waals surface area (Å²) in [7, 11) is 0. The number of carbonyl (C=O) groups excluding carboxylic acids is 1. The minimum absolute atomic E-state index is 0.169. The molecule has 0 heterocycles. The molecule has 0 bridgehead atoms. The monoisotopic (exact) mass is 335 g/mol. The zero-order valence-corrected chi connectivity index (χ0v) is 11.4. The summed E-state index contributed by atoms with van der Waals surface area (Å²) in [5.74, 6) is -0.592. The van der Waals surface area contributed by atoms with Gasteiger partial charge >= 0.3 is 12.1 Å². The van der Waals surface area contributed by atoms with Gasteiger partial charge in [0.1, 0.15) is 0 Å². The Kier molecular flexibility index (Phi) is 4.95. The summed E-state index contributed by atoms with van der Waals surface area (Å²) < 4.78 is 42.4. The molecule has 19 heavy (non-hydrogen) atoms. The molecule has 0 atom stereocenters. The number of hydrogen-bond acceptors (Lipinski definition) is 3. The van der Waals surface area contributed by atoms with Gasteiger partial charge in [-0.05, 0) is 24.6 Å². The molecule has 1 aromatic carbocycles. The van der Waals surface area contributed by atoms with Gasteiger partial charge in [-0.1, -0.05) is 15.9 Å². The Labute approximate surface area is 116 Å². The van der Waals surface area contributed by atoms with E-state index in [1.54, 1.807) is 13.0 Å². The average molecular weight is 336 g/mol. The number of nitriles is 1. The van der Waals surface area contributed by atoms with Crippen LogP contribution < -0.4 is 0 Å². The van der Waals surface area contributed by atoms with Crippen molar-refractivity contribution in [2.24, 2.45) is 0 Å². The van der Waals surface area contributed by atoms with Crippen LogP contribution in [0.3, 0.4) is 0 Å². The first-order valence-corrected chi connectivity index (χ1v) is 6.04. The maximum atomic E-state index is 12.6. The van der Waals surface area contributed by atoms with Crippen molar-refractivity contribution in [3.8, 4) is 6.07 Å². The van der Waals surface area contributed by atoms with Crippen LogP contribution in [0.2, 0.25) is 0 Å². The van der Waals surface area contributed by atoms with E-state index in [9.17, 15) is 18.0 Å². The number of alkyl halides is 3. The lowest BCUT2D eigenvalue weighted by atomic mass is 10.0. The topological polar surface area (TPSA) is 50.1 Å². The number of carbonyl (C=O) groups is 1. The van der Waals surface area contributed by atoms with Gasteiger partial charge in [0.25, 0.3) is 0 Å². The molecule has 0 spiro atoms. The fourth-order valence-electron chi connectivity index (χ4n) is 1.45. The van der Waals surface area contributed by atoms with E-state index in [4.69, 9.17) is 10.00 Å². The number of hydrogen-bond donors (Lipinski definition) is 0. The summed E-state index contributed by atoms with van der Waals surface area (Å²) in [6.45, 7) is 1.79. The SMILES string of the molecule is CCOC(=O)Cc1cc(Br)c(C(F)(F)F)cc1C#N. The Bertz CT molecular complexity index is 535. The second-order valence-electron chi connectivity index (χ2n) is 3.58. The van der Waals surface area contributed by atoms with Gasteiger partial charge in [-0.25, -0.2) is 0 Å². The van der Waals surface area contributed by atoms with E-state index in [1.807, 2.05) is 0 Å². The fourth-order valence-corrected chi connectivity index (χ4v) is 2.07. The molecular formula is C12H9BrF3NO2. The first-order chi connectivity index (χ1) is 8.79. The van der Waals surface area contributed by atoms with Crippen LogP contribution in [0.5, 0.6) is 0 Å². The predicted octanol–water partition coefficient (Wildman–Crippen LogP) is 3.45. The van der Waals surface area contributed by atoms with E-state index < -0.39 is 17.7 Å². The molecular weight excluding hydrogens is 327 g/mol. The summed E-state index contributed by atoms with van der Waals surface area (Å²) >= 11 is 2.79. The van der Waals surface area contributed by atoms with Gasteiger partial charge in [-0.15, -0.1) is 0 Å². The zero-order valence-electron chi connectivity index (χ0n) is 9.84. The number of ether oxygens (including phenoxy) is 1. The van der Waals surface area contributed by atoms with E-state index in [1.165, 1.54) is 0 Å². The molecule has 3 nitrogen and oxygen atoms in total. The zero-order chi connectivity index (χ0) is 14.6. The standard InChI is InChI=1S/C12H9BrF3NO2/c1-2-19-11(18)5-7-4-10(13)9(12(14,15)16)3-8(7)6-17/h3-4H,2,5H2,1H3. The van der Waals surface area contributed by atoms with Gasteiger partial charge in [-0.2, -0.15) is 18.4 Å². The first kappa shape index (κ1) is 15.5. The van der Waals surface area contributed by atoms with Crippen molar-refractivity contribution in [1.82, 2.24) is 0 Å². The molecule has 1 aromatic rings. The van der Waals surface area contributed by atoms with Crippen LogP contribution >= 0.6 is 15.9 Å². The Balaban J connectivity index is 3.19. The van der Waals surface area contributed by atoms with Crippen LogP contribution in [0.1, 0.15) is 23.6 Å². The van der Waals surface area contributed by atoms with E-state index >= 15 is 0 Å². The fraction of sp³-hybridized carbons (Fsp3) is 0.333. The van der Waals surface area contributed by atoms with Crippen LogP contribution in [-0.4, -0.2) is 12.6 Å². The molecule has 0 amide bonds. The third-order valence-corrected chi connectivity index (χ3v) is 2.91. The smallest absolute Gasteiger partial charge is 0.417 e. The molecule has 0 aliphatic heterocycles. The van der Waals surface area contributed by atoms with Crippen LogP contribution in [0.15, 0.2) is 16.6 Å². The molecule has 0 saturated carbocycles. The normalized spacial score (nSPS) is 10.9. The number of rotatable bonds is 3. The van der Waals surface area contributed by atoms with Crippen LogP contribution in [0, 0.1) is 11.3 Å². The predicted molar refractivity (Wildman–Crippen MR) is 64.2 cm³/mol. The van der Waals surface area contributed by atoms with Crippen molar-refractivity contribution in [3.63, 3.8) is 0 Å². The Morgan fingerprint density at radius 1 is 1.47 bits per heavy atom. The number of halogens is 4. The Hall–Kier alpha value is -1.55. The van der Waals surface area contributed by atoms with Crippen molar-refractivity contribution >= 4 is 21.9 Å². The second kappa shape index (κ2) is 6.06. The molecule has 0 aliphatic rings. The molecule has 0 radical (unpaired) electrons. The quantitative estimate of drug-likeness (QED) is 0.795. The van der Waals surface area contributed by atoms with Gasteiger partial charge in [0, 0.05) is 4.47 Å². The van der Waals surface area contributed by atoms with Crippen LogP contribution in [0.4, 0.5) is 13.2 Å². The van der Waals surface area contributed by atoms with E-state index in [0.717, 1.165) is 12.1 Å². The Morgan fingerprint density at radius 2 is 2.11 bits per heavy atom. The van der Waals surface area contributed by atoms with E-state index in [2.05, 4.69) is 15.9 Å². The van der Waals surface area contributed by atoms with E-state index in [0.29, 0.717) is 0 Å². The number of benzene rings is 1. The summed E-state index contributed by atoms with van der Waals surface area (Å²) in [4.78, 5) is 11.3. The minimum atomic E-state index is -4.56. The third kappa shape index (κ3) is 3.96. The highest BCUT2D eigenvalue weighted by Gasteiger charge is 2.34. The molecule has 1 rings (SSSR count). The molecule has 0 unspecified atom stereocenters. The lowest BCUT2D eigenvalue weighted by molar-refractivity contribution is -0.142. The highest BCUT2D eigenvalue weighted by atomic mass is 79.9. The van der Waals surface area contributed by atoms with Crippen LogP contribution in [0.25, 0.3) is 0 Å². The molecule has 0 N–H and O–H groups in total. The van der Waals surface area contributed by atoms with Gasteiger partial charge in [0.2, 0.25) is 0 Å². The maximum absolute atomic E-state index is 12.6. The average Bonchev–Trinajstić information content (AvgIpc) is 2.27. The van der Waals surface area contributed by atoms with Crippen LogP contribution in [-0.2, 0) is 22.1 Å². The molecule has 102 valence electrons. The summed E-state index contributed by atoms with van der Waals surface area (Å²) in [6, 6.07) is 3.50. The molecule has 0 fully saturated rings. The highest BCUT2D eigenvalue weighted by molar-refractivity contribution is 9.10. The Morgan fingerprint density at radius 3 is 2.58 bits per heavy atom. The van der Waals surface area contributed by atoms with Crippen molar-refractivity contribution in [3.05, 3.63) is 33.3 Å². The van der Waals surface area contributed by atoms with Gasteiger partial charge < -0.3 is 4.74 Å². The minimum Gasteiger partial charge on any atom is -0.466 e. The van der Waals surface area contributed by atoms with Gasteiger partial charge in [0.05, 0.1) is 30.2 Å². The highest BCUT2D eigenvalue weighted by Crippen LogP contribution is 2.36. The molecule has 7 heteroatoms. The van der Waals surface area contributed by atoms with Crippen molar-refractivity contribution < 1.29 is 22.7 Å². The molecule has 0 aromatic heterocycles. The molecule has 0 saturated heterocycles. The van der Waals surface area contributed by atoms with E-state index in [-0.39, 0.29) is 28.6 Å². The second-order valence-corrected chi connectivity index (χ2v) is 4.43. The van der Waals surface area contributed by atoms with Crippen molar-refractivity contribution in [1.29, 1.82) is 5.26 Å². The van der Waals surface area contributed by atoms with Crippen molar-refractivity contribution in [2.45, 2.75) is 19.5 Å². The third-order valence-electron chi connectivity index (χ3n) is 2.26. The maximum Gasteiger partial charge on any atom is 0.417 e. The summed E-state index contributed by atoms with van der Waals surface area (Å²) in [6.07, 6.45) is -4.81. The summed E-state index contributed by atoms with van der Waals surface area (Å²) in [5.41, 5.74) is -0.943. The van der Waals surface area contributed by atoms with Gasteiger partial charge in [0.15, 0.2) is 0 Å². The largest absolute Gasteiger partial charge is 0.466 e. The van der Waals surface area contributed by atoms with Gasteiger partial charge in [-0.3, -0.25) is 4.79 Å². The lowest BCUT2D eigenvalue weighted by Crippen LogP contribution is -2.11. The number of esters is 1. The first-order valence-electron chi connectivity index (χ1n) is 5.25.